The molecule has 0 aromatic heterocycles. The Bertz CT molecular complexity index is 605. The molecule has 3 heteroatoms. The highest BCUT2D eigenvalue weighted by molar-refractivity contribution is 5.68. The molecule has 0 aliphatic carbocycles. The second-order valence-electron chi connectivity index (χ2n) is 4.66. The standard InChI is InChI=1S/C16H16O3/c1-11-2-3-12(8-14(11)10-17)13-4-5-15-16(9-13)19-7-6-18-15/h2-5,8-9,17H,6-7,10H2,1H3. The van der Waals surface area contributed by atoms with Crippen LogP contribution in [0.5, 0.6) is 11.5 Å². The predicted octanol–water partition coefficient (Wildman–Crippen LogP) is 2.93. The van der Waals surface area contributed by atoms with E-state index in [0.717, 1.165) is 33.8 Å². The number of ether oxygens (including phenoxy) is 2. The molecule has 1 N–H and O–H groups in total. The quantitative estimate of drug-likeness (QED) is 0.897. The molecule has 0 fully saturated rings. The van der Waals surface area contributed by atoms with Gasteiger partial charge in [0.2, 0.25) is 0 Å². The molecule has 0 amide bonds. The average molecular weight is 256 g/mol. The molecular weight excluding hydrogens is 240 g/mol. The van der Waals surface area contributed by atoms with Crippen LogP contribution < -0.4 is 9.47 Å². The summed E-state index contributed by atoms with van der Waals surface area (Å²) in [6.07, 6.45) is 0. The molecule has 0 spiro atoms. The van der Waals surface area contributed by atoms with Crippen LogP contribution >= 0.6 is 0 Å². The Morgan fingerprint density at radius 3 is 2.42 bits per heavy atom. The van der Waals surface area contributed by atoms with Gasteiger partial charge in [0.1, 0.15) is 13.2 Å². The maximum atomic E-state index is 9.34. The molecule has 0 saturated carbocycles. The molecule has 2 aromatic rings. The zero-order valence-electron chi connectivity index (χ0n) is 10.8. The third-order valence-corrected chi connectivity index (χ3v) is 3.39. The van der Waals surface area contributed by atoms with E-state index in [1.807, 2.05) is 37.3 Å². The normalized spacial score (nSPS) is 13.4. The van der Waals surface area contributed by atoms with E-state index >= 15 is 0 Å². The Kier molecular flexibility index (Phi) is 3.13. The minimum atomic E-state index is 0.0597. The van der Waals surface area contributed by atoms with E-state index in [1.165, 1.54) is 0 Å². The third-order valence-electron chi connectivity index (χ3n) is 3.39. The highest BCUT2D eigenvalue weighted by atomic mass is 16.6. The Morgan fingerprint density at radius 1 is 0.947 bits per heavy atom. The molecule has 0 saturated heterocycles. The van der Waals surface area contributed by atoms with Crippen molar-refractivity contribution in [2.75, 3.05) is 13.2 Å². The van der Waals surface area contributed by atoms with Crippen molar-refractivity contribution < 1.29 is 14.6 Å². The highest BCUT2D eigenvalue weighted by Gasteiger charge is 2.12. The summed E-state index contributed by atoms with van der Waals surface area (Å²) >= 11 is 0. The first-order valence-electron chi connectivity index (χ1n) is 6.38. The molecule has 1 heterocycles. The van der Waals surface area contributed by atoms with Gasteiger partial charge in [-0.15, -0.1) is 0 Å². The van der Waals surface area contributed by atoms with E-state index < -0.39 is 0 Å². The fourth-order valence-corrected chi connectivity index (χ4v) is 2.24. The predicted molar refractivity (Wildman–Crippen MR) is 73.5 cm³/mol. The topological polar surface area (TPSA) is 38.7 Å². The van der Waals surface area contributed by atoms with Crippen molar-refractivity contribution >= 4 is 0 Å². The van der Waals surface area contributed by atoms with Crippen LogP contribution in [0.15, 0.2) is 36.4 Å². The lowest BCUT2D eigenvalue weighted by molar-refractivity contribution is 0.171. The Morgan fingerprint density at radius 2 is 1.63 bits per heavy atom. The van der Waals surface area contributed by atoms with Crippen LogP contribution in [-0.2, 0) is 6.61 Å². The Labute approximate surface area is 112 Å². The molecule has 0 bridgehead atoms. The first kappa shape index (κ1) is 12.1. The first-order valence-corrected chi connectivity index (χ1v) is 6.38. The fourth-order valence-electron chi connectivity index (χ4n) is 2.24. The molecule has 2 aromatic carbocycles. The fraction of sp³-hybridized carbons (Fsp3) is 0.250. The Balaban J connectivity index is 2.02. The average Bonchev–Trinajstić information content (AvgIpc) is 2.47. The number of aliphatic hydroxyl groups excluding tert-OH is 1. The molecular formula is C16H16O3. The van der Waals surface area contributed by atoms with Gasteiger partial charge in [0.05, 0.1) is 6.61 Å². The zero-order chi connectivity index (χ0) is 13.2. The number of hydrogen-bond donors (Lipinski definition) is 1. The van der Waals surface area contributed by atoms with Crippen LogP contribution in [0.2, 0.25) is 0 Å². The van der Waals surface area contributed by atoms with Crippen molar-refractivity contribution in [2.24, 2.45) is 0 Å². The van der Waals surface area contributed by atoms with Gasteiger partial charge in [-0.3, -0.25) is 0 Å². The third kappa shape index (κ3) is 2.29. The molecule has 1 aliphatic rings. The van der Waals surface area contributed by atoms with Gasteiger partial charge < -0.3 is 14.6 Å². The zero-order valence-corrected chi connectivity index (χ0v) is 10.8. The van der Waals surface area contributed by atoms with E-state index in [0.29, 0.717) is 13.2 Å². The smallest absolute Gasteiger partial charge is 0.161 e. The van der Waals surface area contributed by atoms with Gasteiger partial charge in [-0.25, -0.2) is 0 Å². The summed E-state index contributed by atoms with van der Waals surface area (Å²) in [5.41, 5.74) is 4.20. The van der Waals surface area contributed by atoms with Gasteiger partial charge >= 0.3 is 0 Å². The molecule has 98 valence electrons. The number of rotatable bonds is 2. The van der Waals surface area contributed by atoms with Crippen molar-refractivity contribution in [3.8, 4) is 22.6 Å². The van der Waals surface area contributed by atoms with E-state index in [-0.39, 0.29) is 6.61 Å². The van der Waals surface area contributed by atoms with Crippen LogP contribution in [-0.4, -0.2) is 18.3 Å². The summed E-state index contributed by atoms with van der Waals surface area (Å²) in [7, 11) is 0. The van der Waals surface area contributed by atoms with Gasteiger partial charge in [-0.1, -0.05) is 18.2 Å². The van der Waals surface area contributed by atoms with Gasteiger partial charge in [0.25, 0.3) is 0 Å². The number of aliphatic hydroxyl groups is 1. The minimum Gasteiger partial charge on any atom is -0.486 e. The lowest BCUT2D eigenvalue weighted by Crippen LogP contribution is -2.15. The second kappa shape index (κ2) is 4.94. The van der Waals surface area contributed by atoms with Crippen LogP contribution in [0.25, 0.3) is 11.1 Å². The number of hydrogen-bond acceptors (Lipinski definition) is 3. The number of aryl methyl sites for hydroxylation is 1. The van der Waals surface area contributed by atoms with Gasteiger partial charge in [-0.05, 0) is 47.4 Å². The van der Waals surface area contributed by atoms with Crippen LogP contribution in [0.1, 0.15) is 11.1 Å². The van der Waals surface area contributed by atoms with E-state index in [4.69, 9.17) is 9.47 Å². The summed E-state index contributed by atoms with van der Waals surface area (Å²) in [6.45, 7) is 3.25. The summed E-state index contributed by atoms with van der Waals surface area (Å²) in [5, 5.41) is 9.34. The van der Waals surface area contributed by atoms with Crippen molar-refractivity contribution in [1.29, 1.82) is 0 Å². The second-order valence-corrected chi connectivity index (χ2v) is 4.66. The lowest BCUT2D eigenvalue weighted by Gasteiger charge is -2.19. The SMILES string of the molecule is Cc1ccc(-c2ccc3c(c2)OCCO3)cc1CO. The molecule has 0 unspecified atom stereocenters. The van der Waals surface area contributed by atoms with E-state index in [9.17, 15) is 5.11 Å². The van der Waals surface area contributed by atoms with E-state index in [1.54, 1.807) is 0 Å². The van der Waals surface area contributed by atoms with Gasteiger partial charge in [0.15, 0.2) is 11.5 Å². The molecule has 3 nitrogen and oxygen atoms in total. The molecule has 3 rings (SSSR count). The molecule has 1 aliphatic heterocycles. The summed E-state index contributed by atoms with van der Waals surface area (Å²) in [4.78, 5) is 0. The first-order chi connectivity index (χ1) is 9.28. The summed E-state index contributed by atoms with van der Waals surface area (Å²) in [6, 6.07) is 12.0. The summed E-state index contributed by atoms with van der Waals surface area (Å²) < 4.78 is 11.1. The molecule has 0 atom stereocenters. The van der Waals surface area contributed by atoms with Crippen molar-refractivity contribution in [2.45, 2.75) is 13.5 Å². The number of fused-ring (bicyclic) bond motifs is 1. The maximum Gasteiger partial charge on any atom is 0.161 e. The van der Waals surface area contributed by atoms with Crippen LogP contribution in [0.4, 0.5) is 0 Å². The minimum absolute atomic E-state index is 0.0597. The lowest BCUT2D eigenvalue weighted by atomic mass is 9.99. The van der Waals surface area contributed by atoms with Crippen molar-refractivity contribution in [3.05, 3.63) is 47.5 Å². The largest absolute Gasteiger partial charge is 0.486 e. The number of benzene rings is 2. The Hall–Kier alpha value is -2.00. The van der Waals surface area contributed by atoms with Crippen LogP contribution in [0.3, 0.4) is 0 Å². The van der Waals surface area contributed by atoms with E-state index in [2.05, 4.69) is 6.07 Å². The van der Waals surface area contributed by atoms with Gasteiger partial charge in [0, 0.05) is 0 Å². The molecule has 0 radical (unpaired) electrons. The summed E-state index contributed by atoms with van der Waals surface area (Å²) in [5.74, 6) is 1.58. The van der Waals surface area contributed by atoms with Gasteiger partial charge in [-0.2, -0.15) is 0 Å². The molecule has 19 heavy (non-hydrogen) atoms. The van der Waals surface area contributed by atoms with Crippen LogP contribution in [0, 0.1) is 6.92 Å². The van der Waals surface area contributed by atoms with Crippen molar-refractivity contribution in [1.82, 2.24) is 0 Å². The van der Waals surface area contributed by atoms with Crippen molar-refractivity contribution in [3.63, 3.8) is 0 Å². The monoisotopic (exact) mass is 256 g/mol. The maximum absolute atomic E-state index is 9.34. The highest BCUT2D eigenvalue weighted by Crippen LogP contribution is 2.34.